The van der Waals surface area contributed by atoms with Gasteiger partial charge in [-0.2, -0.15) is 0 Å². The summed E-state index contributed by atoms with van der Waals surface area (Å²) in [5, 5.41) is 0. The van der Waals surface area contributed by atoms with Crippen molar-refractivity contribution < 1.29 is 8.42 Å². The summed E-state index contributed by atoms with van der Waals surface area (Å²) < 4.78 is 28.0. The fourth-order valence-corrected chi connectivity index (χ4v) is 3.78. The van der Waals surface area contributed by atoms with E-state index in [4.69, 9.17) is 5.84 Å². The molecule has 0 spiro atoms. The largest absolute Gasteiger partial charge is 0.307 e. The summed E-state index contributed by atoms with van der Waals surface area (Å²) in [7, 11) is -3.67. The summed E-state index contributed by atoms with van der Waals surface area (Å²) in [4.78, 5) is 3.97. The van der Waals surface area contributed by atoms with Gasteiger partial charge in [-0.3, -0.25) is 0 Å². The number of pyridine rings is 1. The predicted molar refractivity (Wildman–Crippen MR) is 79.0 cm³/mol. The molecular weight excluding hydrogens is 332 g/mol. The number of aromatic nitrogens is 1. The lowest BCUT2D eigenvalue weighted by Gasteiger charge is -2.21. The minimum Gasteiger partial charge on any atom is -0.307 e. The van der Waals surface area contributed by atoms with Gasteiger partial charge in [-0.1, -0.05) is 20.8 Å². The molecule has 0 fully saturated rings. The summed E-state index contributed by atoms with van der Waals surface area (Å²) in [6, 6.07) is 1.34. The number of sulfonamides is 1. The number of hydrogen-bond acceptors (Lipinski definition) is 5. The molecule has 1 unspecified atom stereocenters. The number of hydrogen-bond donors (Lipinski definition) is 3. The lowest BCUT2D eigenvalue weighted by molar-refractivity contribution is 0.437. The maximum atomic E-state index is 12.4. The molecule has 0 aliphatic heterocycles. The number of nitrogens with two attached hydrogens (primary N) is 1. The van der Waals surface area contributed by atoms with Gasteiger partial charge in [0.2, 0.25) is 10.0 Å². The topological polar surface area (TPSA) is 97.1 Å². The molecule has 0 amide bonds. The zero-order valence-corrected chi connectivity index (χ0v) is 13.5. The molecule has 1 aromatic heterocycles. The van der Waals surface area contributed by atoms with Gasteiger partial charge in [0.15, 0.2) is 5.82 Å². The summed E-state index contributed by atoms with van der Waals surface area (Å²) >= 11 is 3.21. The first-order chi connectivity index (χ1) is 8.81. The fraction of sp³-hybridized carbons (Fsp3) is 0.545. The van der Waals surface area contributed by atoms with E-state index in [0.717, 1.165) is 0 Å². The Bertz CT molecular complexity index is 533. The van der Waals surface area contributed by atoms with Crippen LogP contribution in [0.5, 0.6) is 0 Å². The van der Waals surface area contributed by atoms with E-state index in [2.05, 4.69) is 31.1 Å². The molecule has 1 atom stereocenters. The third-order valence-electron chi connectivity index (χ3n) is 2.80. The van der Waals surface area contributed by atoms with E-state index in [1.807, 2.05) is 20.8 Å². The minimum absolute atomic E-state index is 0.0310. The van der Waals surface area contributed by atoms with Crippen molar-refractivity contribution in [2.75, 3.05) is 5.43 Å². The van der Waals surface area contributed by atoms with Crippen molar-refractivity contribution >= 4 is 31.8 Å². The molecule has 0 bridgehead atoms. The molecule has 1 aromatic rings. The van der Waals surface area contributed by atoms with Crippen LogP contribution in [0.25, 0.3) is 0 Å². The second-order valence-electron chi connectivity index (χ2n) is 4.52. The van der Waals surface area contributed by atoms with Crippen LogP contribution in [0.3, 0.4) is 0 Å². The minimum atomic E-state index is -3.67. The maximum absolute atomic E-state index is 12.4. The number of nitrogens with one attached hydrogen (secondary N) is 2. The highest BCUT2D eigenvalue weighted by Gasteiger charge is 2.24. The van der Waals surface area contributed by atoms with Gasteiger partial charge in [0, 0.05) is 16.7 Å². The molecular formula is C11H19BrN4O2S. The SMILES string of the molecule is CCC(NS(=O)(=O)c1cc(Br)cnc1NN)C(C)C. The van der Waals surface area contributed by atoms with Crippen molar-refractivity contribution in [3.8, 4) is 0 Å². The van der Waals surface area contributed by atoms with Crippen LogP contribution in [0.15, 0.2) is 21.6 Å². The van der Waals surface area contributed by atoms with E-state index in [-0.39, 0.29) is 22.7 Å². The van der Waals surface area contributed by atoms with E-state index in [1.165, 1.54) is 12.3 Å². The van der Waals surface area contributed by atoms with E-state index < -0.39 is 10.0 Å². The summed E-state index contributed by atoms with van der Waals surface area (Å²) in [5.74, 6) is 5.62. The van der Waals surface area contributed by atoms with E-state index in [1.54, 1.807) is 0 Å². The maximum Gasteiger partial charge on any atom is 0.244 e. The lowest BCUT2D eigenvalue weighted by atomic mass is 10.0. The Labute approximate surface area is 122 Å². The monoisotopic (exact) mass is 350 g/mol. The van der Waals surface area contributed by atoms with Gasteiger partial charge in [-0.05, 0) is 34.3 Å². The van der Waals surface area contributed by atoms with E-state index in [9.17, 15) is 8.42 Å². The zero-order chi connectivity index (χ0) is 14.6. The van der Waals surface area contributed by atoms with Crippen molar-refractivity contribution in [2.24, 2.45) is 11.8 Å². The van der Waals surface area contributed by atoms with E-state index in [0.29, 0.717) is 10.9 Å². The predicted octanol–water partition coefficient (Wildman–Crippen LogP) is 1.84. The molecule has 19 heavy (non-hydrogen) atoms. The molecule has 1 rings (SSSR count). The van der Waals surface area contributed by atoms with Gasteiger partial charge in [0.1, 0.15) is 4.90 Å². The Kier molecular flexibility index (Phi) is 5.72. The first-order valence-corrected chi connectivity index (χ1v) is 8.24. The smallest absolute Gasteiger partial charge is 0.244 e. The van der Waals surface area contributed by atoms with Crippen molar-refractivity contribution in [3.63, 3.8) is 0 Å². The molecule has 6 nitrogen and oxygen atoms in total. The third kappa shape index (κ3) is 4.13. The molecule has 4 N–H and O–H groups in total. The van der Waals surface area contributed by atoms with Gasteiger partial charge in [0.05, 0.1) is 0 Å². The standard InChI is InChI=1S/C11H19BrN4O2S/c1-4-9(7(2)3)16-19(17,18)10-5-8(12)6-14-11(10)15-13/h5-7,9,16H,4,13H2,1-3H3,(H,14,15). The van der Waals surface area contributed by atoms with Gasteiger partial charge in [-0.25, -0.2) is 24.0 Å². The number of nitrogen functional groups attached to an aromatic ring is 1. The van der Waals surface area contributed by atoms with Crippen LogP contribution in [0.1, 0.15) is 27.2 Å². The average molecular weight is 351 g/mol. The fourth-order valence-electron chi connectivity index (χ4n) is 1.69. The molecule has 8 heteroatoms. The molecule has 0 aromatic carbocycles. The molecule has 0 saturated heterocycles. The molecule has 0 aliphatic carbocycles. The van der Waals surface area contributed by atoms with Gasteiger partial charge < -0.3 is 5.43 Å². The molecule has 0 radical (unpaired) electrons. The quantitative estimate of drug-likeness (QED) is 0.537. The van der Waals surface area contributed by atoms with Crippen molar-refractivity contribution in [2.45, 2.75) is 38.1 Å². The van der Waals surface area contributed by atoms with Crippen LogP contribution in [-0.4, -0.2) is 19.4 Å². The van der Waals surface area contributed by atoms with Crippen LogP contribution in [0, 0.1) is 5.92 Å². The van der Waals surface area contributed by atoms with Crippen LogP contribution >= 0.6 is 15.9 Å². The first kappa shape index (κ1) is 16.4. The second kappa shape index (κ2) is 6.65. The average Bonchev–Trinajstić information content (AvgIpc) is 2.35. The van der Waals surface area contributed by atoms with Gasteiger partial charge >= 0.3 is 0 Å². The van der Waals surface area contributed by atoms with Crippen molar-refractivity contribution in [3.05, 3.63) is 16.7 Å². The first-order valence-electron chi connectivity index (χ1n) is 5.96. The summed E-state index contributed by atoms with van der Waals surface area (Å²) in [5.41, 5.74) is 2.30. The van der Waals surface area contributed by atoms with Gasteiger partial charge in [0.25, 0.3) is 0 Å². The Morgan fingerprint density at radius 1 is 1.47 bits per heavy atom. The summed E-state index contributed by atoms with van der Waals surface area (Å²) in [6.45, 7) is 5.88. The third-order valence-corrected chi connectivity index (χ3v) is 4.73. The van der Waals surface area contributed by atoms with Gasteiger partial charge in [-0.15, -0.1) is 0 Å². The van der Waals surface area contributed by atoms with Crippen LogP contribution < -0.4 is 16.0 Å². The highest BCUT2D eigenvalue weighted by molar-refractivity contribution is 9.10. The number of nitrogens with zero attached hydrogens (tertiary/aromatic N) is 1. The molecule has 0 saturated carbocycles. The van der Waals surface area contributed by atoms with Crippen LogP contribution in [0.4, 0.5) is 5.82 Å². The molecule has 1 heterocycles. The zero-order valence-electron chi connectivity index (χ0n) is 11.1. The highest BCUT2D eigenvalue weighted by Crippen LogP contribution is 2.23. The number of rotatable bonds is 6. The lowest BCUT2D eigenvalue weighted by Crippen LogP contribution is -2.38. The Hall–Kier alpha value is -0.700. The number of halogens is 1. The second-order valence-corrected chi connectivity index (χ2v) is 7.12. The Morgan fingerprint density at radius 2 is 2.11 bits per heavy atom. The number of hydrazine groups is 1. The Morgan fingerprint density at radius 3 is 2.58 bits per heavy atom. The summed E-state index contributed by atoms with van der Waals surface area (Å²) in [6.07, 6.45) is 2.19. The highest BCUT2D eigenvalue weighted by atomic mass is 79.9. The van der Waals surface area contributed by atoms with E-state index >= 15 is 0 Å². The molecule has 0 aliphatic rings. The van der Waals surface area contributed by atoms with Crippen LogP contribution in [-0.2, 0) is 10.0 Å². The van der Waals surface area contributed by atoms with Crippen molar-refractivity contribution in [1.29, 1.82) is 0 Å². The number of anilines is 1. The molecule has 108 valence electrons. The normalized spacial score (nSPS) is 13.6. The van der Waals surface area contributed by atoms with Crippen LogP contribution in [0.2, 0.25) is 0 Å². The van der Waals surface area contributed by atoms with Crippen molar-refractivity contribution in [1.82, 2.24) is 9.71 Å². The Balaban J connectivity index is 3.16.